The predicted octanol–water partition coefficient (Wildman–Crippen LogP) is 5.17. The summed E-state index contributed by atoms with van der Waals surface area (Å²) in [5, 5.41) is 0. The molecule has 0 unspecified atom stereocenters. The molecule has 0 spiro atoms. The Balaban J connectivity index is 1.83. The second-order valence-corrected chi connectivity index (χ2v) is 6.71. The van der Waals surface area contributed by atoms with Crippen molar-refractivity contribution in [3.05, 3.63) is 108 Å². The van der Waals surface area contributed by atoms with E-state index in [9.17, 15) is 0 Å². The van der Waals surface area contributed by atoms with Crippen molar-refractivity contribution < 1.29 is 9.47 Å². The minimum atomic E-state index is -0.645. The summed E-state index contributed by atoms with van der Waals surface area (Å²) in [4.78, 5) is 0. The van der Waals surface area contributed by atoms with Gasteiger partial charge in [0.15, 0.2) is 0 Å². The van der Waals surface area contributed by atoms with E-state index in [2.05, 4.69) is 79.7 Å². The number of epoxide rings is 1. The molecule has 0 N–H and O–H groups in total. The fourth-order valence-corrected chi connectivity index (χ4v) is 3.66. The van der Waals surface area contributed by atoms with Crippen LogP contribution in [0.2, 0.25) is 0 Å². The first-order valence-corrected chi connectivity index (χ1v) is 9.30. The van der Waals surface area contributed by atoms with Gasteiger partial charge < -0.3 is 9.47 Å². The van der Waals surface area contributed by atoms with Gasteiger partial charge in [-0.15, -0.1) is 0 Å². The number of hydrogen-bond acceptors (Lipinski definition) is 2. The highest BCUT2D eigenvalue weighted by Crippen LogP contribution is 2.41. The molecule has 1 heterocycles. The Labute approximate surface area is 155 Å². The van der Waals surface area contributed by atoms with Crippen molar-refractivity contribution >= 4 is 0 Å². The molecule has 3 aromatic rings. The molecule has 2 heteroatoms. The lowest BCUT2D eigenvalue weighted by atomic mass is 9.80. The maximum Gasteiger partial charge on any atom is 0.143 e. The number of rotatable bonds is 7. The number of hydrogen-bond donors (Lipinski definition) is 0. The summed E-state index contributed by atoms with van der Waals surface area (Å²) in [6, 6.07) is 31.4. The van der Waals surface area contributed by atoms with Gasteiger partial charge in [-0.05, 0) is 23.1 Å². The Hall–Kier alpha value is -2.42. The summed E-state index contributed by atoms with van der Waals surface area (Å²) in [5.41, 5.74) is 2.75. The van der Waals surface area contributed by atoms with E-state index in [1.54, 1.807) is 0 Å². The molecule has 0 amide bonds. The third-order valence-corrected chi connectivity index (χ3v) is 5.10. The van der Waals surface area contributed by atoms with Crippen LogP contribution in [0.25, 0.3) is 0 Å². The van der Waals surface area contributed by atoms with Crippen molar-refractivity contribution in [1.82, 2.24) is 0 Å². The molecule has 26 heavy (non-hydrogen) atoms. The highest BCUT2D eigenvalue weighted by atomic mass is 16.6. The molecule has 2 nitrogen and oxygen atoms in total. The van der Waals surface area contributed by atoms with E-state index in [0.29, 0.717) is 12.7 Å². The summed E-state index contributed by atoms with van der Waals surface area (Å²) < 4.78 is 12.5. The molecule has 4 rings (SSSR count). The van der Waals surface area contributed by atoms with Crippen molar-refractivity contribution in [1.29, 1.82) is 0 Å². The van der Waals surface area contributed by atoms with Crippen LogP contribution in [-0.2, 0) is 15.1 Å². The molecule has 0 aliphatic carbocycles. The van der Waals surface area contributed by atoms with Gasteiger partial charge >= 0.3 is 0 Å². The first-order chi connectivity index (χ1) is 12.8. The molecular formula is C24H24O2. The Morgan fingerprint density at radius 3 is 1.46 bits per heavy atom. The Morgan fingerprint density at radius 1 is 0.692 bits per heavy atom. The van der Waals surface area contributed by atoms with Crippen LogP contribution in [0.1, 0.15) is 30.0 Å². The lowest BCUT2D eigenvalue weighted by Crippen LogP contribution is -2.34. The summed E-state index contributed by atoms with van der Waals surface area (Å²) in [5.74, 6) is 0. The average molecular weight is 344 g/mol. The van der Waals surface area contributed by atoms with Gasteiger partial charge in [0, 0.05) is 0 Å². The van der Waals surface area contributed by atoms with Gasteiger partial charge in [-0.3, -0.25) is 0 Å². The second kappa shape index (κ2) is 7.45. The van der Waals surface area contributed by atoms with Crippen molar-refractivity contribution in [3.63, 3.8) is 0 Å². The molecule has 0 bridgehead atoms. The monoisotopic (exact) mass is 344 g/mol. The zero-order chi connectivity index (χ0) is 17.8. The molecule has 0 saturated carbocycles. The number of benzene rings is 3. The van der Waals surface area contributed by atoms with E-state index >= 15 is 0 Å². The predicted molar refractivity (Wildman–Crippen MR) is 104 cm³/mol. The summed E-state index contributed by atoms with van der Waals surface area (Å²) in [6.07, 6.45) is 1.55. The van der Waals surface area contributed by atoms with Gasteiger partial charge in [0.1, 0.15) is 11.7 Å². The topological polar surface area (TPSA) is 21.8 Å². The van der Waals surface area contributed by atoms with E-state index < -0.39 is 5.60 Å². The maximum atomic E-state index is 6.72. The quantitative estimate of drug-likeness (QED) is 0.435. The van der Waals surface area contributed by atoms with Crippen LogP contribution < -0.4 is 0 Å². The smallest absolute Gasteiger partial charge is 0.143 e. The van der Waals surface area contributed by atoms with Crippen LogP contribution in [0.4, 0.5) is 0 Å². The molecule has 1 fully saturated rings. The molecule has 1 aliphatic heterocycles. The van der Waals surface area contributed by atoms with Gasteiger partial charge in [0.2, 0.25) is 0 Å². The van der Waals surface area contributed by atoms with Crippen molar-refractivity contribution in [2.24, 2.45) is 0 Å². The maximum absolute atomic E-state index is 6.72. The molecule has 1 aliphatic rings. The first-order valence-electron chi connectivity index (χ1n) is 9.30. The van der Waals surface area contributed by atoms with Crippen molar-refractivity contribution in [3.8, 4) is 0 Å². The van der Waals surface area contributed by atoms with Crippen LogP contribution in [0.5, 0.6) is 0 Å². The minimum absolute atomic E-state index is 0.190. The molecular weight excluding hydrogens is 320 g/mol. The highest BCUT2D eigenvalue weighted by Gasteiger charge is 2.43. The van der Waals surface area contributed by atoms with Gasteiger partial charge in [-0.1, -0.05) is 97.9 Å². The van der Waals surface area contributed by atoms with E-state index in [-0.39, 0.29) is 6.10 Å². The molecule has 0 aromatic heterocycles. The molecule has 3 aromatic carbocycles. The molecule has 0 radical (unpaired) electrons. The summed E-state index contributed by atoms with van der Waals surface area (Å²) >= 11 is 0. The highest BCUT2D eigenvalue weighted by molar-refractivity contribution is 5.47. The van der Waals surface area contributed by atoms with Crippen molar-refractivity contribution in [2.75, 3.05) is 6.61 Å². The lowest BCUT2D eigenvalue weighted by molar-refractivity contribution is 0.00427. The van der Waals surface area contributed by atoms with E-state index in [1.165, 1.54) is 0 Å². The zero-order valence-electron chi connectivity index (χ0n) is 15.0. The standard InChI is InChI=1S/C24H24O2/c1-2-22-23(26-22)18-25-24(19-12-6-3-7-13-19,20-14-8-4-9-15-20)21-16-10-5-11-17-21/h3-17,22-23H,2,18H2,1H3/t22-,23+/m1/s1. The Bertz CT molecular complexity index is 718. The third kappa shape index (κ3) is 3.18. The van der Waals surface area contributed by atoms with E-state index in [4.69, 9.17) is 9.47 Å². The second-order valence-electron chi connectivity index (χ2n) is 6.71. The first kappa shape index (κ1) is 17.0. The third-order valence-electron chi connectivity index (χ3n) is 5.10. The van der Waals surface area contributed by atoms with E-state index in [1.807, 2.05) is 18.2 Å². The van der Waals surface area contributed by atoms with E-state index in [0.717, 1.165) is 23.1 Å². The summed E-state index contributed by atoms with van der Waals surface area (Å²) in [7, 11) is 0. The van der Waals surface area contributed by atoms with Crippen LogP contribution in [0.3, 0.4) is 0 Å². The van der Waals surface area contributed by atoms with Gasteiger partial charge in [0.05, 0.1) is 12.7 Å². The minimum Gasteiger partial charge on any atom is -0.367 e. The van der Waals surface area contributed by atoms with Crippen LogP contribution in [0, 0.1) is 0 Å². The summed E-state index contributed by atoms with van der Waals surface area (Å²) in [6.45, 7) is 2.74. The molecule has 1 saturated heterocycles. The lowest BCUT2D eigenvalue weighted by Gasteiger charge is -2.35. The number of ether oxygens (including phenoxy) is 2. The Kier molecular flexibility index (Phi) is 4.87. The average Bonchev–Trinajstić information content (AvgIpc) is 3.50. The van der Waals surface area contributed by atoms with Crippen molar-refractivity contribution in [2.45, 2.75) is 31.2 Å². The Morgan fingerprint density at radius 2 is 1.12 bits per heavy atom. The van der Waals surface area contributed by atoms with Gasteiger partial charge in [-0.25, -0.2) is 0 Å². The van der Waals surface area contributed by atoms with Gasteiger partial charge in [-0.2, -0.15) is 0 Å². The van der Waals surface area contributed by atoms with Gasteiger partial charge in [0.25, 0.3) is 0 Å². The van der Waals surface area contributed by atoms with Crippen LogP contribution in [0.15, 0.2) is 91.0 Å². The fraction of sp³-hybridized carbons (Fsp3) is 0.250. The normalized spacial score (nSPS) is 19.3. The van der Waals surface area contributed by atoms with Crippen LogP contribution in [-0.4, -0.2) is 18.8 Å². The fourth-order valence-electron chi connectivity index (χ4n) is 3.66. The zero-order valence-corrected chi connectivity index (χ0v) is 15.0. The molecule has 2 atom stereocenters. The largest absolute Gasteiger partial charge is 0.367 e. The van der Waals surface area contributed by atoms with Crippen LogP contribution >= 0.6 is 0 Å². The molecule has 132 valence electrons. The SMILES string of the molecule is CC[C@H]1O[C@H]1COC(c1ccccc1)(c1ccccc1)c1ccccc1.